The Morgan fingerprint density at radius 3 is 2.42 bits per heavy atom. The summed E-state index contributed by atoms with van der Waals surface area (Å²) in [5, 5.41) is 7.59. The van der Waals surface area contributed by atoms with Crippen LogP contribution in [0.1, 0.15) is 53.0 Å². The van der Waals surface area contributed by atoms with Gasteiger partial charge in [-0.05, 0) is 44.4 Å². The van der Waals surface area contributed by atoms with Crippen molar-refractivity contribution in [1.82, 2.24) is 19.4 Å². The summed E-state index contributed by atoms with van der Waals surface area (Å²) in [7, 11) is -3.61. The lowest BCUT2D eigenvalue weighted by Gasteiger charge is -2.26. The van der Waals surface area contributed by atoms with Gasteiger partial charge in [-0.2, -0.15) is 9.40 Å². The standard InChI is InChI=1S/C22H30N4O4S/c1-16-21(31(28,29)25-11-13-30-14-12-25)17(2)26(24-16)15-18-7-9-19(10-8-18)22(27)23-20-5-3-4-6-20/h7-10,20H,3-6,11-15H2,1-2H3,(H,23,27). The third-order valence-corrected chi connectivity index (χ3v) is 8.27. The normalized spacial score (nSPS) is 18.4. The molecule has 1 amide bonds. The van der Waals surface area contributed by atoms with E-state index in [4.69, 9.17) is 4.74 Å². The molecule has 0 atom stereocenters. The van der Waals surface area contributed by atoms with Crippen molar-refractivity contribution >= 4 is 15.9 Å². The minimum absolute atomic E-state index is 0.0385. The third kappa shape index (κ3) is 4.68. The lowest BCUT2D eigenvalue weighted by molar-refractivity contribution is 0.0730. The fourth-order valence-corrected chi connectivity index (χ4v) is 6.18. The second-order valence-corrected chi connectivity index (χ2v) is 10.2. The number of sulfonamides is 1. The van der Waals surface area contributed by atoms with Gasteiger partial charge in [-0.3, -0.25) is 9.48 Å². The van der Waals surface area contributed by atoms with Crippen LogP contribution in [0.2, 0.25) is 0 Å². The van der Waals surface area contributed by atoms with Gasteiger partial charge in [-0.15, -0.1) is 0 Å². The monoisotopic (exact) mass is 446 g/mol. The summed E-state index contributed by atoms with van der Waals surface area (Å²) in [5.74, 6) is -0.0385. The molecule has 1 aliphatic carbocycles. The number of nitrogens with one attached hydrogen (secondary N) is 1. The molecule has 8 nitrogen and oxygen atoms in total. The largest absolute Gasteiger partial charge is 0.379 e. The number of aromatic nitrogens is 2. The molecule has 2 fully saturated rings. The summed E-state index contributed by atoms with van der Waals surface area (Å²) in [6, 6.07) is 7.72. The topological polar surface area (TPSA) is 93.5 Å². The quantitative estimate of drug-likeness (QED) is 0.735. The van der Waals surface area contributed by atoms with E-state index >= 15 is 0 Å². The zero-order chi connectivity index (χ0) is 22.0. The van der Waals surface area contributed by atoms with Crippen molar-refractivity contribution in [2.75, 3.05) is 26.3 Å². The number of aryl methyl sites for hydroxylation is 1. The van der Waals surface area contributed by atoms with Crippen molar-refractivity contribution in [3.63, 3.8) is 0 Å². The number of hydrogen-bond donors (Lipinski definition) is 1. The van der Waals surface area contributed by atoms with Crippen LogP contribution >= 0.6 is 0 Å². The average molecular weight is 447 g/mol. The fourth-order valence-electron chi connectivity index (χ4n) is 4.40. The van der Waals surface area contributed by atoms with Gasteiger partial charge in [0, 0.05) is 24.7 Å². The first kappa shape index (κ1) is 22.0. The van der Waals surface area contributed by atoms with Crippen LogP contribution in [0.25, 0.3) is 0 Å². The molecule has 31 heavy (non-hydrogen) atoms. The van der Waals surface area contributed by atoms with E-state index in [-0.39, 0.29) is 16.8 Å². The molecule has 0 spiro atoms. The highest BCUT2D eigenvalue weighted by atomic mass is 32.2. The van der Waals surface area contributed by atoms with Crippen LogP contribution in [0.5, 0.6) is 0 Å². The van der Waals surface area contributed by atoms with Crippen LogP contribution in [-0.4, -0.2) is 60.8 Å². The van der Waals surface area contributed by atoms with Crippen LogP contribution in [0, 0.1) is 13.8 Å². The Labute approximate surface area is 183 Å². The first-order valence-corrected chi connectivity index (χ1v) is 12.3. The summed E-state index contributed by atoms with van der Waals surface area (Å²) >= 11 is 0. The van der Waals surface area contributed by atoms with Crippen LogP contribution in [0.15, 0.2) is 29.2 Å². The summed E-state index contributed by atoms with van der Waals surface area (Å²) in [6.45, 7) is 5.49. The van der Waals surface area contributed by atoms with E-state index in [0.29, 0.717) is 49.8 Å². The molecule has 1 saturated carbocycles. The third-order valence-electron chi connectivity index (χ3n) is 6.12. The summed E-state index contributed by atoms with van der Waals surface area (Å²) in [5.41, 5.74) is 2.71. The van der Waals surface area contributed by atoms with Gasteiger partial charge in [0.25, 0.3) is 5.91 Å². The van der Waals surface area contributed by atoms with Gasteiger partial charge >= 0.3 is 0 Å². The highest BCUT2D eigenvalue weighted by Crippen LogP contribution is 2.25. The van der Waals surface area contributed by atoms with E-state index in [1.54, 1.807) is 18.5 Å². The Hall–Kier alpha value is -2.23. The average Bonchev–Trinajstić information content (AvgIpc) is 3.37. The Bertz CT molecular complexity index is 1030. The van der Waals surface area contributed by atoms with Gasteiger partial charge in [0.15, 0.2) is 0 Å². The van der Waals surface area contributed by atoms with Crippen molar-refractivity contribution < 1.29 is 17.9 Å². The van der Waals surface area contributed by atoms with E-state index in [0.717, 1.165) is 18.4 Å². The van der Waals surface area contributed by atoms with Gasteiger partial charge in [0.05, 0.1) is 31.1 Å². The van der Waals surface area contributed by atoms with Crippen LogP contribution in [0.4, 0.5) is 0 Å². The Balaban J connectivity index is 1.48. The fraction of sp³-hybridized carbons (Fsp3) is 0.545. The second-order valence-electron chi connectivity index (χ2n) is 8.33. The molecule has 1 N–H and O–H groups in total. The van der Waals surface area contributed by atoms with Crippen molar-refractivity contribution in [2.24, 2.45) is 0 Å². The molecule has 9 heteroatoms. The number of ether oxygens (including phenoxy) is 1. The molecule has 2 aromatic rings. The van der Waals surface area contributed by atoms with E-state index in [9.17, 15) is 13.2 Å². The molecular weight excluding hydrogens is 416 g/mol. The van der Waals surface area contributed by atoms with E-state index < -0.39 is 10.0 Å². The minimum atomic E-state index is -3.61. The maximum Gasteiger partial charge on any atom is 0.251 e. The van der Waals surface area contributed by atoms with Crippen molar-refractivity contribution in [3.8, 4) is 0 Å². The molecule has 168 valence electrons. The van der Waals surface area contributed by atoms with Gasteiger partial charge in [-0.25, -0.2) is 8.42 Å². The number of carbonyl (C=O) groups is 1. The van der Waals surface area contributed by atoms with Crippen molar-refractivity contribution in [2.45, 2.75) is 57.0 Å². The number of nitrogens with zero attached hydrogens (tertiary/aromatic N) is 3. The molecule has 0 bridgehead atoms. The number of benzene rings is 1. The smallest absolute Gasteiger partial charge is 0.251 e. The lowest BCUT2D eigenvalue weighted by atomic mass is 10.1. The zero-order valence-corrected chi connectivity index (χ0v) is 19.0. The first-order chi connectivity index (χ1) is 14.9. The molecule has 1 aromatic carbocycles. The molecule has 4 rings (SSSR count). The summed E-state index contributed by atoms with van der Waals surface area (Å²) in [4.78, 5) is 12.7. The van der Waals surface area contributed by atoms with Gasteiger partial charge < -0.3 is 10.1 Å². The molecule has 2 aliphatic rings. The molecule has 0 unspecified atom stereocenters. The predicted octanol–water partition coefficient (Wildman–Crippen LogP) is 2.24. The number of hydrogen-bond acceptors (Lipinski definition) is 5. The highest BCUT2D eigenvalue weighted by Gasteiger charge is 2.32. The molecule has 2 heterocycles. The van der Waals surface area contributed by atoms with Gasteiger partial charge in [0.2, 0.25) is 10.0 Å². The first-order valence-electron chi connectivity index (χ1n) is 10.9. The molecular formula is C22H30N4O4S. The lowest BCUT2D eigenvalue weighted by Crippen LogP contribution is -2.41. The molecule has 0 radical (unpaired) electrons. The van der Waals surface area contributed by atoms with E-state index in [1.807, 2.05) is 24.3 Å². The number of morpholine rings is 1. The summed E-state index contributed by atoms with van der Waals surface area (Å²) in [6.07, 6.45) is 4.46. The SMILES string of the molecule is Cc1nn(Cc2ccc(C(=O)NC3CCCC3)cc2)c(C)c1S(=O)(=O)N1CCOCC1. The number of amides is 1. The van der Waals surface area contributed by atoms with Crippen LogP contribution < -0.4 is 5.32 Å². The maximum atomic E-state index is 13.1. The van der Waals surface area contributed by atoms with Crippen molar-refractivity contribution in [3.05, 3.63) is 46.8 Å². The van der Waals surface area contributed by atoms with Crippen LogP contribution in [0.3, 0.4) is 0 Å². The number of carbonyl (C=O) groups excluding carboxylic acids is 1. The Morgan fingerprint density at radius 1 is 1.13 bits per heavy atom. The van der Waals surface area contributed by atoms with Crippen LogP contribution in [-0.2, 0) is 21.3 Å². The van der Waals surface area contributed by atoms with Crippen molar-refractivity contribution in [1.29, 1.82) is 0 Å². The Morgan fingerprint density at radius 2 is 1.77 bits per heavy atom. The zero-order valence-electron chi connectivity index (χ0n) is 18.1. The maximum absolute atomic E-state index is 13.1. The Kier molecular flexibility index (Phi) is 6.45. The van der Waals surface area contributed by atoms with Gasteiger partial charge in [-0.1, -0.05) is 25.0 Å². The molecule has 1 aromatic heterocycles. The molecule has 1 aliphatic heterocycles. The highest BCUT2D eigenvalue weighted by molar-refractivity contribution is 7.89. The predicted molar refractivity (Wildman–Crippen MR) is 117 cm³/mol. The number of rotatable bonds is 6. The second kappa shape index (κ2) is 9.10. The minimum Gasteiger partial charge on any atom is -0.379 e. The van der Waals surface area contributed by atoms with E-state index in [2.05, 4.69) is 10.4 Å². The summed E-state index contributed by atoms with van der Waals surface area (Å²) < 4.78 is 34.7. The van der Waals surface area contributed by atoms with E-state index in [1.165, 1.54) is 17.1 Å². The molecule has 1 saturated heterocycles. The van der Waals surface area contributed by atoms with Gasteiger partial charge in [0.1, 0.15) is 4.90 Å².